The van der Waals surface area contributed by atoms with Gasteiger partial charge in [-0.05, 0) is 46.6 Å². The molecule has 0 aliphatic carbocycles. The molecule has 0 atom stereocenters. The number of aryl methyl sites for hydroxylation is 2. The van der Waals surface area contributed by atoms with E-state index in [1.807, 2.05) is 34.6 Å². The van der Waals surface area contributed by atoms with Crippen LogP contribution in [0, 0.1) is 13.8 Å². The Bertz CT molecular complexity index is 790. The van der Waals surface area contributed by atoms with Crippen LogP contribution in [0.15, 0.2) is 6.33 Å². The summed E-state index contributed by atoms with van der Waals surface area (Å²) in [4.78, 5) is 34.2. The first kappa shape index (κ1) is 18.8. The quantitative estimate of drug-likeness (QED) is 0.873. The second kappa shape index (κ2) is 7.16. The van der Waals surface area contributed by atoms with Crippen molar-refractivity contribution in [3.05, 3.63) is 23.3 Å². The van der Waals surface area contributed by atoms with Crippen LogP contribution in [-0.2, 0) is 16.0 Å². The minimum absolute atomic E-state index is 0.0500. The van der Waals surface area contributed by atoms with E-state index >= 15 is 0 Å². The van der Waals surface area contributed by atoms with Gasteiger partial charge in [-0.3, -0.25) is 9.59 Å². The standard InChI is InChI=1S/C17H26N6O2/c1-11-13(12(2)23-16(20-11)18-10-19-23)7-8-15(25)22(6)9-14(24)21-17(3,4)5/h10H,7-9H2,1-6H3,(H,21,24). The first-order chi connectivity index (χ1) is 11.6. The van der Waals surface area contributed by atoms with E-state index in [0.717, 1.165) is 17.0 Å². The second-order valence-electron chi connectivity index (χ2n) is 7.28. The van der Waals surface area contributed by atoms with Crippen LogP contribution in [0.4, 0.5) is 0 Å². The number of hydrogen-bond donors (Lipinski definition) is 1. The summed E-state index contributed by atoms with van der Waals surface area (Å²) < 4.78 is 1.67. The lowest BCUT2D eigenvalue weighted by Gasteiger charge is -2.23. The Hall–Kier alpha value is -2.51. The van der Waals surface area contributed by atoms with Crippen LogP contribution in [0.3, 0.4) is 0 Å². The highest BCUT2D eigenvalue weighted by Gasteiger charge is 2.19. The Morgan fingerprint density at radius 1 is 1.28 bits per heavy atom. The Labute approximate surface area is 147 Å². The number of fused-ring (bicyclic) bond motifs is 1. The van der Waals surface area contributed by atoms with Crippen LogP contribution in [-0.4, -0.2) is 55.4 Å². The molecule has 0 unspecified atom stereocenters. The van der Waals surface area contributed by atoms with E-state index < -0.39 is 0 Å². The third-order valence-electron chi connectivity index (χ3n) is 3.90. The van der Waals surface area contributed by atoms with Crippen LogP contribution >= 0.6 is 0 Å². The Kier molecular flexibility index (Phi) is 5.39. The maximum atomic E-state index is 12.3. The molecule has 2 aromatic rings. The lowest BCUT2D eigenvalue weighted by molar-refractivity contribution is -0.135. The van der Waals surface area contributed by atoms with Crippen molar-refractivity contribution >= 4 is 17.6 Å². The molecule has 0 saturated carbocycles. The first-order valence-electron chi connectivity index (χ1n) is 8.29. The smallest absolute Gasteiger partial charge is 0.252 e. The molecule has 2 amide bonds. The molecule has 0 aliphatic rings. The molecular weight excluding hydrogens is 320 g/mol. The molecule has 0 radical (unpaired) electrons. The number of nitrogens with one attached hydrogen (secondary N) is 1. The van der Waals surface area contributed by atoms with E-state index in [0.29, 0.717) is 18.6 Å². The van der Waals surface area contributed by atoms with Gasteiger partial charge >= 0.3 is 0 Å². The number of aromatic nitrogens is 4. The van der Waals surface area contributed by atoms with Crippen molar-refractivity contribution in [2.45, 2.75) is 53.0 Å². The minimum Gasteiger partial charge on any atom is -0.350 e. The summed E-state index contributed by atoms with van der Waals surface area (Å²) in [6, 6.07) is 0. The maximum absolute atomic E-state index is 12.3. The third kappa shape index (κ3) is 4.74. The lowest BCUT2D eigenvalue weighted by atomic mass is 10.1. The molecule has 0 saturated heterocycles. The Morgan fingerprint density at radius 2 is 1.96 bits per heavy atom. The molecule has 2 aromatic heterocycles. The second-order valence-corrected chi connectivity index (χ2v) is 7.28. The normalized spacial score (nSPS) is 11.6. The molecule has 0 spiro atoms. The summed E-state index contributed by atoms with van der Waals surface area (Å²) >= 11 is 0. The molecule has 25 heavy (non-hydrogen) atoms. The van der Waals surface area contributed by atoms with Crippen LogP contribution < -0.4 is 5.32 Å². The van der Waals surface area contributed by atoms with Crippen LogP contribution in [0.5, 0.6) is 0 Å². The van der Waals surface area contributed by atoms with Crippen molar-refractivity contribution in [1.29, 1.82) is 0 Å². The zero-order valence-corrected chi connectivity index (χ0v) is 15.8. The van der Waals surface area contributed by atoms with Gasteiger partial charge in [0.1, 0.15) is 6.33 Å². The van der Waals surface area contributed by atoms with Gasteiger partial charge in [-0.25, -0.2) is 9.50 Å². The molecule has 8 heteroatoms. The third-order valence-corrected chi connectivity index (χ3v) is 3.90. The molecule has 0 fully saturated rings. The van der Waals surface area contributed by atoms with Crippen molar-refractivity contribution in [1.82, 2.24) is 29.8 Å². The number of carbonyl (C=O) groups is 2. The molecule has 8 nitrogen and oxygen atoms in total. The minimum atomic E-state index is -0.311. The summed E-state index contributed by atoms with van der Waals surface area (Å²) in [6.07, 6.45) is 2.32. The number of hydrogen-bond acceptors (Lipinski definition) is 5. The topological polar surface area (TPSA) is 92.5 Å². The fraction of sp³-hybridized carbons (Fsp3) is 0.588. The average molecular weight is 346 g/mol. The molecule has 136 valence electrons. The van der Waals surface area contributed by atoms with E-state index in [1.54, 1.807) is 11.6 Å². The SMILES string of the molecule is Cc1nc2ncnn2c(C)c1CCC(=O)N(C)CC(=O)NC(C)(C)C. The average Bonchev–Trinajstić information content (AvgIpc) is 2.92. The van der Waals surface area contributed by atoms with Crippen LogP contribution in [0.1, 0.15) is 44.1 Å². The van der Waals surface area contributed by atoms with Crippen LogP contribution in [0.2, 0.25) is 0 Å². The number of rotatable bonds is 5. The monoisotopic (exact) mass is 346 g/mol. The fourth-order valence-electron chi connectivity index (χ4n) is 2.70. The van der Waals surface area contributed by atoms with Gasteiger partial charge in [0.2, 0.25) is 11.8 Å². The van der Waals surface area contributed by atoms with Gasteiger partial charge < -0.3 is 10.2 Å². The van der Waals surface area contributed by atoms with Gasteiger partial charge in [0.25, 0.3) is 5.78 Å². The van der Waals surface area contributed by atoms with Crippen molar-refractivity contribution in [2.75, 3.05) is 13.6 Å². The number of nitrogens with zero attached hydrogens (tertiary/aromatic N) is 5. The van der Waals surface area contributed by atoms with E-state index in [9.17, 15) is 9.59 Å². The lowest BCUT2D eigenvalue weighted by Crippen LogP contribution is -2.46. The summed E-state index contributed by atoms with van der Waals surface area (Å²) in [7, 11) is 1.64. The number of likely N-dealkylation sites (N-methyl/N-ethyl adjacent to an activating group) is 1. The molecular formula is C17H26N6O2. The fourth-order valence-corrected chi connectivity index (χ4v) is 2.70. The summed E-state index contributed by atoms with van der Waals surface area (Å²) in [6.45, 7) is 9.62. The highest BCUT2D eigenvalue weighted by Crippen LogP contribution is 2.15. The Balaban J connectivity index is 1.99. The van der Waals surface area contributed by atoms with Crippen molar-refractivity contribution < 1.29 is 9.59 Å². The number of amides is 2. The molecule has 2 heterocycles. The summed E-state index contributed by atoms with van der Waals surface area (Å²) in [5.41, 5.74) is 2.45. The van der Waals surface area contributed by atoms with E-state index in [-0.39, 0.29) is 23.9 Å². The predicted molar refractivity (Wildman–Crippen MR) is 94.1 cm³/mol. The first-order valence-corrected chi connectivity index (χ1v) is 8.29. The Morgan fingerprint density at radius 3 is 2.60 bits per heavy atom. The maximum Gasteiger partial charge on any atom is 0.252 e. The highest BCUT2D eigenvalue weighted by atomic mass is 16.2. The highest BCUT2D eigenvalue weighted by molar-refractivity contribution is 5.85. The molecule has 2 rings (SSSR count). The zero-order valence-electron chi connectivity index (χ0n) is 15.8. The largest absolute Gasteiger partial charge is 0.350 e. The molecule has 1 N–H and O–H groups in total. The van der Waals surface area contributed by atoms with Gasteiger partial charge in [-0.2, -0.15) is 10.1 Å². The molecule has 0 aliphatic heterocycles. The zero-order chi connectivity index (χ0) is 18.8. The van der Waals surface area contributed by atoms with E-state index in [2.05, 4.69) is 20.4 Å². The van der Waals surface area contributed by atoms with Gasteiger partial charge in [0, 0.05) is 30.4 Å². The van der Waals surface area contributed by atoms with Gasteiger partial charge in [0.05, 0.1) is 6.54 Å². The van der Waals surface area contributed by atoms with Crippen molar-refractivity contribution in [2.24, 2.45) is 0 Å². The van der Waals surface area contributed by atoms with E-state index in [4.69, 9.17) is 0 Å². The van der Waals surface area contributed by atoms with Gasteiger partial charge in [-0.15, -0.1) is 0 Å². The van der Waals surface area contributed by atoms with E-state index in [1.165, 1.54) is 11.2 Å². The molecule has 0 aromatic carbocycles. The summed E-state index contributed by atoms with van der Waals surface area (Å²) in [5.74, 6) is 0.309. The summed E-state index contributed by atoms with van der Waals surface area (Å²) in [5, 5.41) is 7.00. The van der Waals surface area contributed by atoms with Crippen LogP contribution in [0.25, 0.3) is 5.78 Å². The van der Waals surface area contributed by atoms with Gasteiger partial charge in [-0.1, -0.05) is 0 Å². The molecule has 0 bridgehead atoms. The predicted octanol–water partition coefficient (Wildman–Crippen LogP) is 1.05. The van der Waals surface area contributed by atoms with Crippen molar-refractivity contribution in [3.8, 4) is 0 Å². The van der Waals surface area contributed by atoms with Gasteiger partial charge in [0.15, 0.2) is 0 Å². The van der Waals surface area contributed by atoms with Crippen molar-refractivity contribution in [3.63, 3.8) is 0 Å². The number of carbonyl (C=O) groups excluding carboxylic acids is 2.